The molecule has 11 aromatic carbocycles. The molecule has 0 amide bonds. The summed E-state index contributed by atoms with van der Waals surface area (Å²) >= 11 is 0. The fraction of sp³-hybridized carbons (Fsp3) is 0.149. The fourth-order valence-electron chi connectivity index (χ4n) is 15.3. The van der Waals surface area contributed by atoms with Crippen molar-refractivity contribution in [1.29, 1.82) is 0 Å². The zero-order valence-corrected chi connectivity index (χ0v) is 63.6. The van der Waals surface area contributed by atoms with Gasteiger partial charge in [-0.05, 0) is 152 Å². The highest BCUT2D eigenvalue weighted by Crippen LogP contribution is 2.43. The molecule has 0 bridgehead atoms. The average molecular weight is 1430 g/mol. The highest BCUT2D eigenvalue weighted by Gasteiger charge is 2.27. The van der Waals surface area contributed by atoms with Crippen molar-refractivity contribution in [3.8, 4) is 78.4 Å². The molecule has 0 N–H and O–H groups in total. The molecule has 8 heteroatoms. The van der Waals surface area contributed by atoms with E-state index in [0.29, 0.717) is 11.1 Å². The van der Waals surface area contributed by atoms with E-state index in [9.17, 15) is 0 Å². The van der Waals surface area contributed by atoms with Crippen LogP contribution < -0.4 is 18.3 Å². The van der Waals surface area contributed by atoms with Crippen molar-refractivity contribution >= 4 is 87.8 Å². The van der Waals surface area contributed by atoms with Crippen molar-refractivity contribution in [1.82, 2.24) is 0 Å². The van der Waals surface area contributed by atoms with Crippen LogP contribution in [0, 0.1) is 55.3 Å². The molecular weight excluding hydrogens is 1330 g/mol. The van der Waals surface area contributed by atoms with E-state index in [1.165, 1.54) is 51.4 Å². The summed E-state index contributed by atoms with van der Waals surface area (Å²) in [6, 6.07) is 89.3. The van der Waals surface area contributed by atoms with Gasteiger partial charge in [0.05, 0.1) is 22.3 Å². The maximum absolute atomic E-state index is 8.34. The molecule has 0 saturated heterocycles. The molecule has 19 rings (SSSR count). The summed E-state index contributed by atoms with van der Waals surface area (Å²) in [6.07, 6.45) is 7.99. The van der Waals surface area contributed by atoms with Gasteiger partial charge in [-0.15, -0.1) is 0 Å². The molecule has 109 heavy (non-hydrogen) atoms. The predicted molar refractivity (Wildman–Crippen MR) is 450 cm³/mol. The molecule has 1 atom stereocenters. The van der Waals surface area contributed by atoms with E-state index in [-0.39, 0.29) is 0 Å². The summed E-state index contributed by atoms with van der Waals surface area (Å²) in [5.41, 5.74) is 31.5. The van der Waals surface area contributed by atoms with Crippen molar-refractivity contribution in [2.45, 2.75) is 75.0 Å². The largest absolute Gasteiger partial charge is 0.455 e. The third kappa shape index (κ3) is 13.4. The van der Waals surface area contributed by atoms with Crippen LogP contribution in [0.5, 0.6) is 0 Å². The van der Waals surface area contributed by atoms with E-state index in [1.807, 2.05) is 117 Å². The summed E-state index contributed by atoms with van der Waals surface area (Å²) in [5.74, 6) is -1.66. The molecule has 1 unspecified atom stereocenters. The van der Waals surface area contributed by atoms with Gasteiger partial charge in [-0.2, -0.15) is 0 Å². The third-order valence-corrected chi connectivity index (χ3v) is 21.4. The first-order chi connectivity index (χ1) is 55.6. The van der Waals surface area contributed by atoms with Gasteiger partial charge >= 0.3 is 0 Å². The molecule has 0 fully saturated rings. The summed E-state index contributed by atoms with van der Waals surface area (Å²) in [7, 11) is 8.08. The van der Waals surface area contributed by atoms with E-state index in [4.69, 9.17) is 27.3 Å². The van der Waals surface area contributed by atoms with Crippen molar-refractivity contribution in [2.75, 3.05) is 0 Å². The molecule has 8 heterocycles. The molecule has 8 nitrogen and oxygen atoms in total. The number of hydrogen-bond donors (Lipinski definition) is 0. The molecule has 0 aliphatic heterocycles. The van der Waals surface area contributed by atoms with E-state index in [0.717, 1.165) is 161 Å². The maximum Gasteiger partial charge on any atom is 0.216 e. The van der Waals surface area contributed by atoms with Gasteiger partial charge in [0.25, 0.3) is 0 Å². The van der Waals surface area contributed by atoms with Crippen LogP contribution >= 0.6 is 0 Å². The Morgan fingerprint density at radius 2 is 0.624 bits per heavy atom. The van der Waals surface area contributed by atoms with Gasteiger partial charge in [0, 0.05) is 101 Å². The van der Waals surface area contributed by atoms with E-state index in [1.54, 1.807) is 18.3 Å². The van der Waals surface area contributed by atoms with Gasteiger partial charge in [0.15, 0.2) is 24.8 Å². The van der Waals surface area contributed by atoms with Gasteiger partial charge in [0.1, 0.15) is 72.9 Å². The summed E-state index contributed by atoms with van der Waals surface area (Å²) in [4.78, 5) is 0. The van der Waals surface area contributed by atoms with E-state index < -0.39 is 19.6 Å². The van der Waals surface area contributed by atoms with Crippen LogP contribution in [-0.2, 0) is 28.2 Å². The molecule has 0 saturated carbocycles. The fourth-order valence-corrected chi connectivity index (χ4v) is 15.3. The van der Waals surface area contributed by atoms with E-state index >= 15 is 0 Å². The molecule has 0 aliphatic carbocycles. The second kappa shape index (κ2) is 29.2. The number of para-hydroxylation sites is 4. The minimum absolute atomic E-state index is 0.373. The van der Waals surface area contributed by atoms with E-state index in [2.05, 4.69) is 246 Å². The summed E-state index contributed by atoms with van der Waals surface area (Å²) in [5, 5.41) is 8.99. The highest BCUT2D eigenvalue weighted by atomic mass is 16.3. The van der Waals surface area contributed by atoms with Gasteiger partial charge in [0.2, 0.25) is 22.8 Å². The van der Waals surface area contributed by atoms with Crippen molar-refractivity contribution in [2.24, 2.45) is 28.2 Å². The quantitative estimate of drug-likeness (QED) is 0.142. The normalized spacial score (nSPS) is 13.2. The molecule has 8 aromatic heterocycles. The van der Waals surface area contributed by atoms with Crippen molar-refractivity contribution < 1.29 is 45.5 Å². The Kier molecular flexibility index (Phi) is 16.7. The number of nitrogens with zero attached hydrogens (tertiary/aromatic N) is 4. The minimum atomic E-state index is -2.40. The Morgan fingerprint density at radius 3 is 0.982 bits per heavy atom. The van der Waals surface area contributed by atoms with Gasteiger partial charge in [-0.25, -0.2) is 18.3 Å². The number of furan rings is 4. The Balaban J connectivity index is 0.000000117. The molecular formula is C101H90N4O4+4. The first-order valence-corrected chi connectivity index (χ1v) is 37.0. The molecule has 0 aliphatic rings. The van der Waals surface area contributed by atoms with Crippen LogP contribution in [0.1, 0.15) is 79.3 Å². The second-order valence-electron chi connectivity index (χ2n) is 29.0. The van der Waals surface area contributed by atoms with Crippen molar-refractivity contribution in [3.05, 3.63) is 336 Å². The van der Waals surface area contributed by atoms with Crippen LogP contribution in [0.15, 0.2) is 303 Å². The van der Waals surface area contributed by atoms with Gasteiger partial charge in [-0.1, -0.05) is 219 Å². The lowest BCUT2D eigenvalue weighted by Gasteiger charge is -2.09. The lowest BCUT2D eigenvalue weighted by atomic mass is 9.96. The number of pyridine rings is 4. The highest BCUT2D eigenvalue weighted by molar-refractivity contribution is 6.13. The molecule has 0 radical (unpaired) electrons. The number of rotatable bonds is 8. The second-order valence-corrected chi connectivity index (χ2v) is 29.0. The lowest BCUT2D eigenvalue weighted by molar-refractivity contribution is -0.660. The van der Waals surface area contributed by atoms with Crippen LogP contribution in [0.25, 0.3) is 166 Å². The predicted octanol–water partition coefficient (Wildman–Crippen LogP) is 24.9. The first-order valence-electron chi connectivity index (χ1n) is 40.5. The monoisotopic (exact) mass is 1430 g/mol. The van der Waals surface area contributed by atoms with Gasteiger partial charge in [-0.3, -0.25) is 0 Å². The Hall–Kier alpha value is -12.8. The molecule has 534 valence electrons. The first kappa shape index (κ1) is 62.4. The lowest BCUT2D eigenvalue weighted by Crippen LogP contribution is -2.31. The number of hydrogen-bond acceptors (Lipinski definition) is 4. The Morgan fingerprint density at radius 1 is 0.284 bits per heavy atom. The number of benzene rings is 11. The number of aromatic nitrogens is 4. The van der Waals surface area contributed by atoms with Crippen LogP contribution in [0.2, 0.25) is 0 Å². The zero-order valence-electron chi connectivity index (χ0n) is 70.6. The average Bonchev–Trinajstić information content (AvgIpc) is 1.63. The van der Waals surface area contributed by atoms with Gasteiger partial charge < -0.3 is 17.7 Å². The van der Waals surface area contributed by atoms with Crippen LogP contribution in [0.3, 0.4) is 0 Å². The van der Waals surface area contributed by atoms with Crippen LogP contribution in [-0.4, -0.2) is 0 Å². The van der Waals surface area contributed by atoms with Crippen LogP contribution in [0.4, 0.5) is 0 Å². The Labute approximate surface area is 647 Å². The third-order valence-electron chi connectivity index (χ3n) is 21.4. The Bertz CT molecular complexity index is 7040. The summed E-state index contributed by atoms with van der Waals surface area (Å²) in [6.45, 7) is 11.5. The number of fused-ring (bicyclic) bond motifs is 12. The standard InChI is InChI=1S/C28H26NO.2C26H22NO.C21H20NO/c1-18(2)20-10-12-21(13-11-20)22-15-16-29(4)25(17-22)27-19(3)9-14-24-23-7-5-6-8-26(23)30-28(24)27;1-17-7-6-8-19(15-17)20-13-14-27(3)23(16-20)25-18(2)11-12-22-21-9-4-5-10-24(21)28-26(22)25;1-17-8-11-19(12-9-17)20-14-15-27(3)23(16-20)25-18(2)10-13-22-21-6-4-5-7-24(21)28-26(22)25;1-13-9-10-17-16-7-5-6-8-19(16)23-21(17)20(13)18-11-14(2)15(3)12-22(18)4/h5-18H,1-4H3;2*4-16H,1-3H3;5-12H,1-4H3/q4*+1/i1D3,18D;;;3D3. The smallest absolute Gasteiger partial charge is 0.216 e. The maximum atomic E-state index is 8.34. The topological polar surface area (TPSA) is 68.1 Å². The molecule has 0 spiro atoms. The molecule has 19 aromatic rings. The van der Waals surface area contributed by atoms with Crippen molar-refractivity contribution in [3.63, 3.8) is 0 Å². The minimum Gasteiger partial charge on any atom is -0.455 e. The number of aryl methyl sites for hydroxylation is 12. The SMILES string of the molecule is Cc1ccc(-c2cc[n+](C)c(-c3c(C)ccc4c3oc3ccccc34)c2)cc1.Cc1cccc(-c2cc[n+](C)c(-c3c(C)ccc4c3oc3ccccc34)c2)c1.[2H]C([2H])([2H])C([2H])(C)c1ccc(-c2cc[n+](C)c(-c3c(C)ccc4c3oc3ccccc34)c2)cc1.[2H]C([2H])([2H])c1c[n+](C)c(-c2c(C)ccc3c2oc2ccccc23)cc1C. The summed E-state index contributed by atoms with van der Waals surface area (Å²) < 4.78 is 88.1. The zero-order chi connectivity index (χ0) is 81.4.